The Morgan fingerprint density at radius 3 is 1.71 bits per heavy atom. The number of nitrogens with zero attached hydrogens (tertiary/aromatic N) is 1. The lowest BCUT2D eigenvalue weighted by atomic mass is 9.34. The van der Waals surface area contributed by atoms with Crippen LogP contribution in [0, 0.1) is 0 Å². The fourth-order valence-corrected chi connectivity index (χ4v) is 8.57. The molecule has 5 aromatic rings. The van der Waals surface area contributed by atoms with Crippen molar-refractivity contribution in [3.63, 3.8) is 0 Å². The van der Waals surface area contributed by atoms with E-state index >= 15 is 0 Å². The van der Waals surface area contributed by atoms with Gasteiger partial charge in [0.1, 0.15) is 23.0 Å². The molecule has 3 heterocycles. The lowest BCUT2D eigenvalue weighted by Crippen LogP contribution is -2.58. The van der Waals surface area contributed by atoms with Crippen LogP contribution >= 0.6 is 0 Å². The number of benzene rings is 5. The van der Waals surface area contributed by atoms with Crippen molar-refractivity contribution >= 4 is 40.2 Å². The molecule has 0 aromatic heterocycles. The number of fused-ring (bicyclic) bond motifs is 7. The largest absolute Gasteiger partial charge is 0.458 e. The molecule has 0 fully saturated rings. The highest BCUT2D eigenvalue weighted by molar-refractivity contribution is 6.98. The molecular formula is C41H38BNO2. The molecule has 0 saturated carbocycles. The summed E-state index contributed by atoms with van der Waals surface area (Å²) in [6.45, 7) is 14.3. The zero-order valence-electron chi connectivity index (χ0n) is 27.0. The molecule has 9 rings (SSSR count). The molecule has 0 N–H and O–H groups in total. The Kier molecular flexibility index (Phi) is 5.29. The summed E-state index contributed by atoms with van der Waals surface area (Å²) in [7, 11) is 0. The molecule has 4 heteroatoms. The summed E-state index contributed by atoms with van der Waals surface area (Å²) in [5.41, 5.74) is 12.6. The second-order valence-corrected chi connectivity index (χ2v) is 15.2. The number of anilines is 3. The number of rotatable bonds is 1. The lowest BCUT2D eigenvalue weighted by molar-refractivity contribution is 0.330. The molecule has 5 aromatic carbocycles. The van der Waals surface area contributed by atoms with Crippen LogP contribution < -0.4 is 30.8 Å². The minimum Gasteiger partial charge on any atom is -0.458 e. The normalized spacial score (nSPS) is 18.6. The third-order valence-corrected chi connectivity index (χ3v) is 11.2. The van der Waals surface area contributed by atoms with Gasteiger partial charge >= 0.3 is 0 Å². The first-order valence-corrected chi connectivity index (χ1v) is 16.4. The minimum absolute atomic E-state index is 0.0451. The van der Waals surface area contributed by atoms with Crippen LogP contribution in [0.5, 0.6) is 23.0 Å². The quantitative estimate of drug-likeness (QED) is 0.179. The first kappa shape index (κ1) is 26.9. The van der Waals surface area contributed by atoms with Crippen LogP contribution in [0.1, 0.15) is 76.6 Å². The summed E-state index contributed by atoms with van der Waals surface area (Å²) in [5, 5.41) is 0. The second kappa shape index (κ2) is 8.84. The third-order valence-electron chi connectivity index (χ3n) is 11.2. The molecule has 0 saturated heterocycles. The maximum Gasteiger partial charge on any atom is 0.260 e. The fourth-order valence-electron chi connectivity index (χ4n) is 8.57. The van der Waals surface area contributed by atoms with Crippen LogP contribution in [0.15, 0.2) is 97.1 Å². The number of ether oxygens (including phenoxy) is 2. The zero-order valence-corrected chi connectivity index (χ0v) is 27.0. The predicted molar refractivity (Wildman–Crippen MR) is 186 cm³/mol. The van der Waals surface area contributed by atoms with Crippen LogP contribution in [0.3, 0.4) is 0 Å². The van der Waals surface area contributed by atoms with Gasteiger partial charge in [-0.2, -0.15) is 0 Å². The molecule has 0 atom stereocenters. The summed E-state index contributed by atoms with van der Waals surface area (Å²) in [4.78, 5) is 2.39. The molecule has 0 unspecified atom stereocenters. The topological polar surface area (TPSA) is 21.7 Å². The molecule has 1 aliphatic carbocycles. The third kappa shape index (κ3) is 3.66. The smallest absolute Gasteiger partial charge is 0.260 e. The van der Waals surface area contributed by atoms with Gasteiger partial charge in [-0.25, -0.2) is 0 Å². The number of para-hydroxylation sites is 3. The van der Waals surface area contributed by atoms with Crippen molar-refractivity contribution in [3.8, 4) is 23.0 Å². The van der Waals surface area contributed by atoms with Gasteiger partial charge < -0.3 is 14.4 Å². The van der Waals surface area contributed by atoms with Crippen molar-refractivity contribution in [1.82, 2.24) is 0 Å². The second-order valence-electron chi connectivity index (χ2n) is 15.2. The van der Waals surface area contributed by atoms with Gasteiger partial charge in [-0.3, -0.25) is 0 Å². The molecular weight excluding hydrogens is 549 g/mol. The molecule has 222 valence electrons. The Morgan fingerprint density at radius 1 is 0.533 bits per heavy atom. The lowest BCUT2D eigenvalue weighted by Gasteiger charge is -2.44. The van der Waals surface area contributed by atoms with E-state index in [0.29, 0.717) is 0 Å². The summed E-state index contributed by atoms with van der Waals surface area (Å²) >= 11 is 0. The van der Waals surface area contributed by atoms with Crippen LogP contribution in [0.4, 0.5) is 17.1 Å². The average Bonchev–Trinajstić information content (AvgIpc) is 3.03. The van der Waals surface area contributed by atoms with E-state index in [1.807, 2.05) is 0 Å². The Hall–Kier alpha value is -4.44. The molecule has 0 spiro atoms. The first-order chi connectivity index (χ1) is 21.5. The van der Waals surface area contributed by atoms with Gasteiger partial charge in [0.2, 0.25) is 0 Å². The van der Waals surface area contributed by atoms with Gasteiger partial charge in [0.25, 0.3) is 6.71 Å². The average molecular weight is 588 g/mol. The number of hydrogen-bond donors (Lipinski definition) is 0. The Morgan fingerprint density at radius 2 is 1.07 bits per heavy atom. The van der Waals surface area contributed by atoms with Crippen molar-refractivity contribution in [2.75, 3.05) is 4.90 Å². The molecule has 3 nitrogen and oxygen atoms in total. The van der Waals surface area contributed by atoms with E-state index in [0.717, 1.165) is 34.1 Å². The zero-order chi connectivity index (χ0) is 30.9. The van der Waals surface area contributed by atoms with Crippen LogP contribution in [0.25, 0.3) is 0 Å². The highest BCUT2D eigenvalue weighted by atomic mass is 16.5. The molecule has 0 amide bonds. The van der Waals surface area contributed by atoms with Crippen molar-refractivity contribution < 1.29 is 9.47 Å². The van der Waals surface area contributed by atoms with Crippen molar-refractivity contribution in [2.45, 2.75) is 70.6 Å². The van der Waals surface area contributed by atoms with Gasteiger partial charge in [0, 0.05) is 23.0 Å². The summed E-state index contributed by atoms with van der Waals surface area (Å²) in [5.74, 6) is 3.64. The fraction of sp³-hybridized carbons (Fsp3) is 0.268. The molecule has 45 heavy (non-hydrogen) atoms. The van der Waals surface area contributed by atoms with Crippen LogP contribution in [-0.2, 0) is 16.2 Å². The molecule has 4 aliphatic rings. The molecule has 3 aliphatic heterocycles. The Bertz CT molecular complexity index is 2020. The van der Waals surface area contributed by atoms with E-state index in [-0.39, 0.29) is 23.0 Å². The van der Waals surface area contributed by atoms with Crippen molar-refractivity contribution in [2.24, 2.45) is 0 Å². The minimum atomic E-state index is -0.123. The highest BCUT2D eigenvalue weighted by Crippen LogP contribution is 2.53. The SMILES string of the molecule is CC1(C)CCC(C)(C)c2cc3c(cc21)Oc1cc(N2c4ccccc4C(C)(C)c4ccccc42)cc2c1B3c1ccccc1O2. The standard InChI is InChI=1S/C41H38BNO2/c1-39(2)19-20-40(3,4)29-24-35-31(23-28(29)39)42-30-15-9-12-18-34(30)44-36-21-25(22-37(45-35)38(36)42)43-32-16-10-7-13-26(32)41(5,6)27-14-8-11-17-33(27)43/h7-18,21-24H,19-20H2,1-6H3. The van der Waals surface area contributed by atoms with Gasteiger partial charge in [-0.15, -0.1) is 0 Å². The van der Waals surface area contributed by atoms with E-state index < -0.39 is 0 Å². The molecule has 0 bridgehead atoms. The van der Waals surface area contributed by atoms with E-state index in [2.05, 4.69) is 144 Å². The van der Waals surface area contributed by atoms with Crippen molar-refractivity contribution in [1.29, 1.82) is 0 Å². The van der Waals surface area contributed by atoms with E-state index in [9.17, 15) is 0 Å². The van der Waals surface area contributed by atoms with Crippen molar-refractivity contribution in [3.05, 3.63) is 119 Å². The maximum atomic E-state index is 7.01. The number of hydrogen-bond acceptors (Lipinski definition) is 3. The Balaban J connectivity index is 1.29. The van der Waals surface area contributed by atoms with Crippen LogP contribution in [0.2, 0.25) is 0 Å². The van der Waals surface area contributed by atoms with E-state index in [1.54, 1.807) is 0 Å². The monoisotopic (exact) mass is 587 g/mol. The van der Waals surface area contributed by atoms with Gasteiger partial charge in [0.15, 0.2) is 0 Å². The summed E-state index contributed by atoms with van der Waals surface area (Å²) < 4.78 is 13.8. The maximum absolute atomic E-state index is 7.01. The van der Waals surface area contributed by atoms with Gasteiger partial charge in [-0.1, -0.05) is 102 Å². The van der Waals surface area contributed by atoms with Crippen LogP contribution in [-0.4, -0.2) is 6.71 Å². The summed E-state index contributed by atoms with van der Waals surface area (Å²) in [6.07, 6.45) is 2.35. The Labute approximate surface area is 266 Å². The van der Waals surface area contributed by atoms with E-state index in [4.69, 9.17) is 9.47 Å². The first-order valence-electron chi connectivity index (χ1n) is 16.4. The van der Waals surface area contributed by atoms with Gasteiger partial charge in [-0.05, 0) is 81.1 Å². The summed E-state index contributed by atoms with van der Waals surface area (Å²) in [6, 6.07) is 35.4. The highest BCUT2D eigenvalue weighted by Gasteiger charge is 2.45. The predicted octanol–water partition coefficient (Wildman–Crippen LogP) is 8.87. The van der Waals surface area contributed by atoms with Gasteiger partial charge in [0.05, 0.1) is 17.1 Å². The molecule has 0 radical (unpaired) electrons. The van der Waals surface area contributed by atoms with E-state index in [1.165, 1.54) is 57.4 Å².